The van der Waals surface area contributed by atoms with Crippen LogP contribution in [0.2, 0.25) is 0 Å². The fourth-order valence-corrected chi connectivity index (χ4v) is 7.45. The monoisotopic (exact) mass is 481 g/mol. The van der Waals surface area contributed by atoms with Crippen molar-refractivity contribution >= 4 is 16.3 Å². The third-order valence-electron chi connectivity index (χ3n) is 8.58. The minimum atomic E-state index is -4.48. The Bertz CT molecular complexity index is 1010. The van der Waals surface area contributed by atoms with E-state index in [1.165, 1.54) is 32.4 Å². The third-order valence-corrected chi connectivity index (χ3v) is 8.87. The maximum absolute atomic E-state index is 11.3. The fraction of sp³-hybridized carbons (Fsp3) is 0.708. The first-order valence-electron chi connectivity index (χ1n) is 11.8. The summed E-state index contributed by atoms with van der Waals surface area (Å²) in [6.45, 7) is 6.64. The first kappa shape index (κ1) is 24.3. The Kier molecular flexibility index (Phi) is 6.68. The smallest absolute Gasteiger partial charge is 0.364 e. The Morgan fingerprint density at radius 3 is 2.67 bits per heavy atom. The van der Waals surface area contributed by atoms with E-state index in [9.17, 15) is 13.2 Å². The van der Waals surface area contributed by atoms with Crippen molar-refractivity contribution in [3.8, 4) is 11.5 Å². The Morgan fingerprint density at radius 1 is 1.24 bits per heavy atom. The van der Waals surface area contributed by atoms with Gasteiger partial charge in [-0.15, -0.1) is 0 Å². The van der Waals surface area contributed by atoms with Crippen molar-refractivity contribution in [3.63, 3.8) is 0 Å². The Labute approximate surface area is 196 Å². The van der Waals surface area contributed by atoms with E-state index < -0.39 is 10.3 Å². The second-order valence-corrected chi connectivity index (χ2v) is 11.4. The van der Waals surface area contributed by atoms with Gasteiger partial charge in [0, 0.05) is 6.92 Å². The van der Waals surface area contributed by atoms with Crippen molar-refractivity contribution in [2.24, 2.45) is 29.1 Å². The number of esters is 1. The van der Waals surface area contributed by atoms with Gasteiger partial charge in [0.1, 0.15) is 0 Å². The van der Waals surface area contributed by atoms with Crippen molar-refractivity contribution in [3.05, 3.63) is 23.3 Å². The van der Waals surface area contributed by atoms with Gasteiger partial charge >= 0.3 is 16.3 Å². The zero-order valence-electron chi connectivity index (χ0n) is 19.8. The molecule has 8 nitrogen and oxygen atoms in total. The lowest BCUT2D eigenvalue weighted by atomic mass is 9.53. The summed E-state index contributed by atoms with van der Waals surface area (Å²) in [6.07, 6.45) is 6.59. The molecule has 3 aliphatic carbocycles. The first-order valence-corrected chi connectivity index (χ1v) is 13.2. The molecule has 0 heterocycles. The lowest BCUT2D eigenvalue weighted by Crippen LogP contribution is -2.44. The number of nitrogens with one attached hydrogen (secondary N) is 1. The summed E-state index contributed by atoms with van der Waals surface area (Å²) in [5.74, 6) is 3.05. The molecule has 2 fully saturated rings. The average molecular weight is 482 g/mol. The van der Waals surface area contributed by atoms with Crippen LogP contribution in [0.3, 0.4) is 0 Å². The van der Waals surface area contributed by atoms with Crippen LogP contribution in [-0.2, 0) is 26.3 Å². The predicted octanol–water partition coefficient (Wildman–Crippen LogP) is 4.05. The van der Waals surface area contributed by atoms with Crippen LogP contribution < -0.4 is 14.5 Å². The lowest BCUT2D eigenvalue weighted by molar-refractivity contribution is -0.143. The Hall–Kier alpha value is -1.84. The van der Waals surface area contributed by atoms with E-state index in [0.717, 1.165) is 31.2 Å². The molecule has 0 aliphatic heterocycles. The normalized spacial score (nSPS) is 31.7. The molecule has 33 heavy (non-hydrogen) atoms. The number of ether oxygens (including phenoxy) is 2. The second-order valence-electron chi connectivity index (χ2n) is 10.3. The van der Waals surface area contributed by atoms with Gasteiger partial charge in [0.15, 0.2) is 11.5 Å². The standard InChI is InChI=1S/C24H35NO7S/c1-14(13-31-15(2)26)20-7-8-21-18-6-5-16-11-23(32-25-33(27,28)29)22(30-4)12-19(16)17(18)9-10-24(20,21)3/h11-12,14,17-18,20-21,25H,5-10,13H2,1-4H3,(H,27,28,29)/t14-,17+,18-,20-,21+,24-/m1/s1. The Morgan fingerprint density at radius 2 is 2.00 bits per heavy atom. The summed E-state index contributed by atoms with van der Waals surface area (Å²) >= 11 is 0. The van der Waals surface area contributed by atoms with Crippen molar-refractivity contribution in [2.75, 3.05) is 13.7 Å². The largest absolute Gasteiger partial charge is 0.493 e. The van der Waals surface area contributed by atoms with E-state index in [1.807, 2.05) is 12.1 Å². The fourth-order valence-electron chi connectivity index (χ4n) is 7.25. The second kappa shape index (κ2) is 9.07. The highest BCUT2D eigenvalue weighted by molar-refractivity contribution is 7.83. The molecule has 0 unspecified atom stereocenters. The van der Waals surface area contributed by atoms with E-state index >= 15 is 0 Å². The highest BCUT2D eigenvalue weighted by Gasteiger charge is 2.55. The maximum Gasteiger partial charge on any atom is 0.364 e. The minimum Gasteiger partial charge on any atom is -0.493 e. The molecule has 1 aromatic carbocycles. The molecule has 2 saturated carbocycles. The maximum atomic E-state index is 11.3. The van der Waals surface area contributed by atoms with Crippen LogP contribution in [0, 0.1) is 29.1 Å². The molecular weight excluding hydrogens is 446 g/mol. The molecule has 2 N–H and O–H groups in total. The number of carbonyl (C=O) groups excluding carboxylic acids is 1. The van der Waals surface area contributed by atoms with Gasteiger partial charge < -0.3 is 14.3 Å². The number of hydrogen-bond acceptors (Lipinski definition) is 6. The van der Waals surface area contributed by atoms with Crippen LogP contribution in [0.15, 0.2) is 12.1 Å². The highest BCUT2D eigenvalue weighted by Crippen LogP contribution is 2.64. The van der Waals surface area contributed by atoms with E-state index in [-0.39, 0.29) is 17.1 Å². The molecule has 6 atom stereocenters. The summed E-state index contributed by atoms with van der Waals surface area (Å²) in [4.78, 5) is 18.1. The number of rotatable bonds is 7. The van der Waals surface area contributed by atoms with Gasteiger partial charge in [-0.1, -0.05) is 13.8 Å². The van der Waals surface area contributed by atoms with Crippen LogP contribution >= 0.6 is 0 Å². The SMILES string of the molecule is COc1cc2c(cc1ONS(=O)(=O)O)CC[C@@H]1[C@@H]2CC[C@]2(C)[C@@H]([C@H](C)COC(C)=O)CC[C@@H]12. The van der Waals surface area contributed by atoms with E-state index in [1.54, 1.807) is 4.89 Å². The average Bonchev–Trinajstić information content (AvgIpc) is 3.11. The van der Waals surface area contributed by atoms with Crippen LogP contribution in [-0.4, -0.2) is 32.7 Å². The van der Waals surface area contributed by atoms with Gasteiger partial charge in [0.05, 0.1) is 13.7 Å². The molecule has 0 saturated heterocycles. The van der Waals surface area contributed by atoms with Gasteiger partial charge in [-0.25, -0.2) is 0 Å². The van der Waals surface area contributed by atoms with E-state index in [0.29, 0.717) is 41.9 Å². The third kappa shape index (κ3) is 4.72. The topological polar surface area (TPSA) is 111 Å². The van der Waals surface area contributed by atoms with Gasteiger partial charge in [-0.3, -0.25) is 9.35 Å². The zero-order chi connectivity index (χ0) is 24.0. The summed E-state index contributed by atoms with van der Waals surface area (Å²) in [5.41, 5.74) is 2.66. The molecule has 0 spiro atoms. The quantitative estimate of drug-likeness (QED) is 0.343. The lowest BCUT2D eigenvalue weighted by Gasteiger charge is -2.52. The molecule has 0 amide bonds. The molecule has 0 aromatic heterocycles. The number of aryl methyl sites for hydroxylation is 1. The van der Waals surface area contributed by atoms with Crippen LogP contribution in [0.4, 0.5) is 0 Å². The first-order chi connectivity index (χ1) is 15.5. The molecular formula is C24H35NO7S. The van der Waals surface area contributed by atoms with Crippen LogP contribution in [0.25, 0.3) is 0 Å². The van der Waals surface area contributed by atoms with Crippen molar-refractivity contribution in [1.29, 1.82) is 0 Å². The van der Waals surface area contributed by atoms with Gasteiger partial charge in [0.2, 0.25) is 0 Å². The molecule has 0 radical (unpaired) electrons. The van der Waals surface area contributed by atoms with Gasteiger partial charge in [-0.2, -0.15) is 8.42 Å². The van der Waals surface area contributed by atoms with Crippen molar-refractivity contribution < 1.29 is 32.1 Å². The number of carbonyl (C=O) groups is 1. The summed E-state index contributed by atoms with van der Waals surface area (Å²) < 4.78 is 41.8. The highest BCUT2D eigenvalue weighted by atomic mass is 32.2. The molecule has 3 aliphatic rings. The van der Waals surface area contributed by atoms with E-state index in [4.69, 9.17) is 18.9 Å². The number of benzene rings is 1. The number of fused-ring (bicyclic) bond motifs is 5. The molecule has 0 bridgehead atoms. The van der Waals surface area contributed by atoms with Crippen LogP contribution in [0.5, 0.6) is 11.5 Å². The molecule has 9 heteroatoms. The van der Waals surface area contributed by atoms with Crippen molar-refractivity contribution in [1.82, 2.24) is 4.89 Å². The number of methoxy groups -OCH3 is 1. The molecule has 184 valence electrons. The van der Waals surface area contributed by atoms with Crippen molar-refractivity contribution in [2.45, 2.75) is 65.2 Å². The van der Waals surface area contributed by atoms with Gasteiger partial charge in [-0.05, 0) is 102 Å². The summed E-state index contributed by atoms with van der Waals surface area (Å²) in [5, 5.41) is 0. The number of hydrogen-bond donors (Lipinski definition) is 2. The van der Waals surface area contributed by atoms with E-state index in [2.05, 4.69) is 13.8 Å². The van der Waals surface area contributed by atoms with Gasteiger partial charge in [0.25, 0.3) is 0 Å². The summed E-state index contributed by atoms with van der Waals surface area (Å²) in [6, 6.07) is 3.81. The molecule has 4 rings (SSSR count). The minimum absolute atomic E-state index is 0.210. The summed E-state index contributed by atoms with van der Waals surface area (Å²) in [7, 11) is -2.96. The Balaban J connectivity index is 1.56. The molecule has 1 aromatic rings. The zero-order valence-corrected chi connectivity index (χ0v) is 20.6. The predicted molar refractivity (Wildman–Crippen MR) is 122 cm³/mol. The van der Waals surface area contributed by atoms with Crippen LogP contribution in [0.1, 0.15) is 69.9 Å².